The smallest absolute Gasteiger partial charge is 0.257 e. The number of rotatable bonds is 12. The molecule has 348 valence electrons. The number of likely N-dealkylation sites (tertiary alicyclic amines) is 2. The summed E-state index contributed by atoms with van der Waals surface area (Å²) in [4.78, 5) is 61.1. The first kappa shape index (κ1) is 45.5. The molecular formula is C47H48Cl2F2N12O4. The number of aromatic amines is 2. The van der Waals surface area contributed by atoms with E-state index in [0.29, 0.717) is 93.9 Å². The summed E-state index contributed by atoms with van der Waals surface area (Å²) in [5.74, 6) is 1.85. The second-order valence-electron chi connectivity index (χ2n) is 16.9. The Morgan fingerprint density at radius 2 is 1.25 bits per heavy atom. The Morgan fingerprint density at radius 1 is 0.716 bits per heavy atom. The van der Waals surface area contributed by atoms with Crippen molar-refractivity contribution in [3.8, 4) is 34.3 Å². The number of H-pyrrole nitrogens is 2. The summed E-state index contributed by atoms with van der Waals surface area (Å²) >= 11 is 12.2. The van der Waals surface area contributed by atoms with Crippen molar-refractivity contribution < 1.29 is 27.8 Å². The van der Waals surface area contributed by atoms with Crippen LogP contribution < -0.4 is 20.1 Å². The highest BCUT2D eigenvalue weighted by Gasteiger charge is 2.35. The summed E-state index contributed by atoms with van der Waals surface area (Å²) < 4.78 is 39.6. The number of ether oxygens (including phenoxy) is 2. The van der Waals surface area contributed by atoms with Gasteiger partial charge in [0.2, 0.25) is 5.91 Å². The molecule has 0 spiro atoms. The largest absolute Gasteiger partial charge is 0.497 e. The van der Waals surface area contributed by atoms with E-state index in [-0.39, 0.29) is 41.2 Å². The highest BCUT2D eigenvalue weighted by molar-refractivity contribution is 6.31. The molecule has 20 heteroatoms. The van der Waals surface area contributed by atoms with Crippen LogP contribution in [0.4, 0.5) is 20.4 Å². The summed E-state index contributed by atoms with van der Waals surface area (Å²) in [6.07, 6.45) is 14.7. The van der Waals surface area contributed by atoms with Gasteiger partial charge in [0.05, 0.1) is 42.2 Å². The number of anilines is 2. The molecule has 0 unspecified atom stereocenters. The molecular weight excluding hydrogens is 905 g/mol. The molecule has 2 aliphatic heterocycles. The number of halogens is 4. The van der Waals surface area contributed by atoms with Crippen molar-refractivity contribution in [2.24, 2.45) is 17.8 Å². The molecule has 0 radical (unpaired) electrons. The second-order valence-corrected chi connectivity index (χ2v) is 17.8. The number of pyridine rings is 2. The van der Waals surface area contributed by atoms with Gasteiger partial charge in [0.1, 0.15) is 22.8 Å². The normalized spacial score (nSPS) is 17.2. The first-order valence-corrected chi connectivity index (χ1v) is 22.9. The zero-order chi connectivity index (χ0) is 46.6. The Labute approximate surface area is 394 Å². The zero-order valence-electron chi connectivity index (χ0n) is 36.8. The van der Waals surface area contributed by atoms with Crippen LogP contribution in [0.15, 0.2) is 67.5 Å². The van der Waals surface area contributed by atoms with Gasteiger partial charge >= 0.3 is 0 Å². The third-order valence-corrected chi connectivity index (χ3v) is 12.7. The van der Waals surface area contributed by atoms with Crippen LogP contribution in [0.5, 0.6) is 11.5 Å². The van der Waals surface area contributed by atoms with Crippen LogP contribution in [-0.2, 0) is 4.79 Å². The topological polar surface area (TPSA) is 192 Å². The molecule has 2 amide bonds. The minimum atomic E-state index is -0.550. The summed E-state index contributed by atoms with van der Waals surface area (Å²) in [7, 11) is 3.09. The summed E-state index contributed by atoms with van der Waals surface area (Å²) in [5.41, 5.74) is 3.18. The Morgan fingerprint density at radius 3 is 1.78 bits per heavy atom. The van der Waals surface area contributed by atoms with Crippen molar-refractivity contribution in [3.63, 3.8) is 0 Å². The van der Waals surface area contributed by atoms with E-state index < -0.39 is 11.6 Å². The summed E-state index contributed by atoms with van der Waals surface area (Å²) in [6.45, 7) is 3.74. The van der Waals surface area contributed by atoms with Crippen LogP contribution in [0.2, 0.25) is 10.0 Å². The lowest BCUT2D eigenvalue weighted by molar-refractivity contribution is -0.134. The maximum absolute atomic E-state index is 14.6. The van der Waals surface area contributed by atoms with Gasteiger partial charge in [-0.05, 0) is 74.6 Å². The maximum Gasteiger partial charge on any atom is 0.257 e. The van der Waals surface area contributed by atoms with Crippen molar-refractivity contribution >= 4 is 68.7 Å². The average molecular weight is 954 g/mol. The van der Waals surface area contributed by atoms with Gasteiger partial charge in [-0.1, -0.05) is 23.2 Å². The number of hydrogen-bond donors (Lipinski definition) is 4. The number of piperidine rings is 2. The predicted octanol–water partition coefficient (Wildman–Crippen LogP) is 8.67. The fourth-order valence-corrected chi connectivity index (χ4v) is 8.95. The maximum atomic E-state index is 14.6. The Kier molecular flexibility index (Phi) is 13.6. The van der Waals surface area contributed by atoms with E-state index in [4.69, 9.17) is 32.7 Å². The monoisotopic (exact) mass is 952 g/mol. The minimum absolute atomic E-state index is 0.105. The first-order chi connectivity index (χ1) is 32.5. The number of carbonyl (C=O) groups is 2. The first-order valence-electron chi connectivity index (χ1n) is 22.1. The number of aromatic nitrogens is 8. The van der Waals surface area contributed by atoms with Gasteiger partial charge in [0.25, 0.3) is 5.91 Å². The lowest BCUT2D eigenvalue weighted by Crippen LogP contribution is -2.42. The molecule has 67 heavy (non-hydrogen) atoms. The quantitative estimate of drug-likeness (QED) is 0.0913. The summed E-state index contributed by atoms with van der Waals surface area (Å²) in [5, 5.41) is 8.78. The van der Waals surface area contributed by atoms with E-state index >= 15 is 0 Å². The molecule has 6 aromatic heterocycles. The van der Waals surface area contributed by atoms with Crippen molar-refractivity contribution in [2.75, 3.05) is 64.1 Å². The average Bonchev–Trinajstić information content (AvgIpc) is 4.00. The molecule has 3 aliphatic rings. The number of hydrogen-bond acceptors (Lipinski definition) is 12. The van der Waals surface area contributed by atoms with Crippen LogP contribution in [0.1, 0.15) is 48.9 Å². The molecule has 1 aromatic carbocycles. The van der Waals surface area contributed by atoms with Gasteiger partial charge in [-0.25, -0.2) is 38.7 Å². The van der Waals surface area contributed by atoms with Gasteiger partial charge in [0.15, 0.2) is 34.9 Å². The van der Waals surface area contributed by atoms with Gasteiger partial charge in [-0.2, -0.15) is 0 Å². The molecule has 3 fully saturated rings. The standard InChI is InChI=1S/C26H26ClFN6O3.C21H22ClFN6O/c1-36-17-5-6-18(22(9-17)37-2)26(35)34-7-3-4-15(14-34)10-29-25-21(28)13-32-24(33-25)20-12-31-23-19(20)8-16(27)11-30-23;22-14-6-15-16(9-26-18(15)25-8-14)19-27-10-17(23)20(28-19)24-7-12-2-1-5-29(11-12)21(30)13-3-4-13/h5-6,8-9,11-13,15H,3-4,7,10,14H2,1-2H3,(H,30,31)(H,29,32,33);6,8-10,12-13H,1-5,7,11H2,(H,25,26)(H,24,27,28)/t15-;12-/m11/s1. The number of nitrogens with one attached hydrogen (secondary N) is 4. The number of carbonyl (C=O) groups excluding carboxylic acids is 2. The van der Waals surface area contributed by atoms with E-state index in [1.807, 2.05) is 9.80 Å². The van der Waals surface area contributed by atoms with Gasteiger partial charge in [-0.3, -0.25) is 9.59 Å². The van der Waals surface area contributed by atoms with Crippen molar-refractivity contribution in [3.05, 3.63) is 94.8 Å². The highest BCUT2D eigenvalue weighted by atomic mass is 35.5. The van der Waals surface area contributed by atoms with Crippen molar-refractivity contribution in [1.82, 2.24) is 49.7 Å². The number of amides is 2. The molecule has 8 heterocycles. The SMILES string of the molecule is COc1ccc(C(=O)N2CCC[C@H](CNc3nc(-c4c[nH]c5ncc(Cl)cc45)ncc3F)C2)c(OC)c1.O=C(C1CC1)N1CCC[C@H](CNc2nc(-c3c[nH]c4ncc(Cl)cc34)ncc2F)C1. The third-order valence-electron chi connectivity index (χ3n) is 12.3. The van der Waals surface area contributed by atoms with Crippen LogP contribution >= 0.6 is 23.2 Å². The zero-order valence-corrected chi connectivity index (χ0v) is 38.3. The fraction of sp³-hybridized carbons (Fsp3) is 0.362. The molecule has 4 N–H and O–H groups in total. The van der Waals surface area contributed by atoms with Gasteiger partial charge in [-0.15, -0.1) is 0 Å². The molecule has 10 rings (SSSR count). The fourth-order valence-electron chi connectivity index (χ4n) is 8.63. The Hall–Kier alpha value is -6.66. The second kappa shape index (κ2) is 20.1. The molecule has 16 nitrogen and oxygen atoms in total. The molecule has 1 aliphatic carbocycles. The number of benzene rings is 1. The molecule has 2 atom stereocenters. The molecule has 1 saturated carbocycles. The van der Waals surface area contributed by atoms with Crippen LogP contribution in [0.3, 0.4) is 0 Å². The number of fused-ring (bicyclic) bond motifs is 2. The number of nitrogens with zero attached hydrogens (tertiary/aromatic N) is 8. The third kappa shape index (κ3) is 10.3. The molecule has 0 bridgehead atoms. The predicted molar refractivity (Wildman–Crippen MR) is 251 cm³/mol. The number of methoxy groups -OCH3 is 2. The highest BCUT2D eigenvalue weighted by Crippen LogP contribution is 2.34. The minimum Gasteiger partial charge on any atom is -0.497 e. The molecule has 7 aromatic rings. The summed E-state index contributed by atoms with van der Waals surface area (Å²) in [6, 6.07) is 8.70. The van der Waals surface area contributed by atoms with Crippen molar-refractivity contribution in [1.29, 1.82) is 0 Å². The van der Waals surface area contributed by atoms with Crippen molar-refractivity contribution in [2.45, 2.75) is 38.5 Å². The van der Waals surface area contributed by atoms with E-state index in [0.717, 1.165) is 62.0 Å². The van der Waals surface area contributed by atoms with Crippen LogP contribution in [0, 0.1) is 29.4 Å². The van der Waals surface area contributed by atoms with Crippen LogP contribution in [0.25, 0.3) is 44.8 Å². The lowest BCUT2D eigenvalue weighted by atomic mass is 9.97. The van der Waals surface area contributed by atoms with E-state index in [1.54, 1.807) is 62.2 Å². The van der Waals surface area contributed by atoms with E-state index in [9.17, 15) is 18.4 Å². The van der Waals surface area contributed by atoms with E-state index in [2.05, 4.69) is 50.5 Å². The van der Waals surface area contributed by atoms with E-state index in [1.165, 1.54) is 13.3 Å². The van der Waals surface area contributed by atoms with Gasteiger partial charge < -0.3 is 39.9 Å². The Bertz CT molecular complexity index is 2930. The Balaban J connectivity index is 0.000000171. The van der Waals surface area contributed by atoms with Crippen LogP contribution in [-0.4, -0.2) is 115 Å². The molecule has 2 saturated heterocycles. The lowest BCUT2D eigenvalue weighted by Gasteiger charge is -2.33. The van der Waals surface area contributed by atoms with Gasteiger partial charge in [0, 0.05) is 97.9 Å².